The molecule has 2 bridgehead atoms. The van der Waals surface area contributed by atoms with E-state index in [1.165, 1.54) is 18.2 Å². The number of fused-ring (bicyclic) bond motifs is 2. The van der Waals surface area contributed by atoms with Gasteiger partial charge in [-0.25, -0.2) is 4.39 Å². The molecule has 0 spiro atoms. The van der Waals surface area contributed by atoms with Crippen molar-refractivity contribution >= 4 is 34.4 Å². The number of hydrogen-bond acceptors (Lipinski definition) is 3. The van der Waals surface area contributed by atoms with E-state index in [0.29, 0.717) is 28.0 Å². The van der Waals surface area contributed by atoms with Gasteiger partial charge in [0.05, 0.1) is 10.6 Å². The van der Waals surface area contributed by atoms with Gasteiger partial charge < -0.3 is 9.73 Å². The second-order valence-corrected chi connectivity index (χ2v) is 5.64. The summed E-state index contributed by atoms with van der Waals surface area (Å²) in [6.45, 7) is 0. The molecule has 4 nitrogen and oxygen atoms in total. The number of carbonyl (C=O) groups excluding carboxylic acids is 1. The monoisotopic (exact) mass is 340 g/mol. The Morgan fingerprint density at radius 2 is 1.83 bits per heavy atom. The number of halogens is 2. The lowest BCUT2D eigenvalue weighted by molar-refractivity contribution is 0.102. The van der Waals surface area contributed by atoms with Gasteiger partial charge in [0.15, 0.2) is 0 Å². The standard InChI is InChI=1S/C18H10ClFN2O2/c19-12-2-1-11(9-13(12)20)22-18(23)17-15-4-3-14(24-15)16(17)10-5-7-21-8-6-10/h1-9H,(H,22,23). The van der Waals surface area contributed by atoms with Gasteiger partial charge in [-0.3, -0.25) is 9.78 Å². The third kappa shape index (κ3) is 2.39. The molecule has 0 unspecified atom stereocenters. The molecule has 3 aromatic heterocycles. The van der Waals surface area contributed by atoms with Crippen LogP contribution in [0.4, 0.5) is 10.1 Å². The Balaban J connectivity index is 1.74. The van der Waals surface area contributed by atoms with Crippen LogP contribution >= 0.6 is 11.6 Å². The maximum Gasteiger partial charge on any atom is 0.260 e. The van der Waals surface area contributed by atoms with Crippen LogP contribution in [0.15, 0.2) is 59.3 Å². The molecule has 0 aliphatic carbocycles. The predicted octanol–water partition coefficient (Wildman–Crippen LogP) is 4.98. The van der Waals surface area contributed by atoms with Crippen molar-refractivity contribution in [1.82, 2.24) is 4.98 Å². The van der Waals surface area contributed by atoms with Crippen molar-refractivity contribution < 1.29 is 13.6 Å². The third-order valence-corrected chi connectivity index (χ3v) is 4.03. The van der Waals surface area contributed by atoms with E-state index < -0.39 is 5.82 Å². The first-order valence-corrected chi connectivity index (χ1v) is 7.53. The van der Waals surface area contributed by atoms with Crippen molar-refractivity contribution in [3.05, 3.63) is 71.3 Å². The van der Waals surface area contributed by atoms with Gasteiger partial charge in [-0.05, 0) is 48.0 Å². The average molecular weight is 341 g/mol. The van der Waals surface area contributed by atoms with Crippen molar-refractivity contribution in [1.29, 1.82) is 0 Å². The van der Waals surface area contributed by atoms with Gasteiger partial charge >= 0.3 is 0 Å². The van der Waals surface area contributed by atoms with E-state index in [1.807, 2.05) is 6.07 Å². The first-order valence-electron chi connectivity index (χ1n) is 7.15. The number of furan rings is 2. The summed E-state index contributed by atoms with van der Waals surface area (Å²) in [5.74, 6) is -0.971. The molecule has 0 radical (unpaired) electrons. The summed E-state index contributed by atoms with van der Waals surface area (Å²) in [4.78, 5) is 16.7. The lowest BCUT2D eigenvalue weighted by Gasteiger charge is -2.08. The van der Waals surface area contributed by atoms with E-state index in [9.17, 15) is 9.18 Å². The van der Waals surface area contributed by atoms with Crippen molar-refractivity contribution in [2.45, 2.75) is 0 Å². The fraction of sp³-hybridized carbons (Fsp3) is 0. The van der Waals surface area contributed by atoms with Gasteiger partial charge in [0.25, 0.3) is 5.91 Å². The van der Waals surface area contributed by atoms with Crippen molar-refractivity contribution in [2.24, 2.45) is 0 Å². The summed E-state index contributed by atoms with van der Waals surface area (Å²) < 4.78 is 19.2. The molecule has 0 saturated carbocycles. The topological polar surface area (TPSA) is 55.1 Å². The Morgan fingerprint density at radius 1 is 1.08 bits per heavy atom. The van der Waals surface area contributed by atoms with Crippen molar-refractivity contribution in [3.63, 3.8) is 0 Å². The van der Waals surface area contributed by atoms with Crippen LogP contribution in [-0.2, 0) is 0 Å². The normalized spacial score (nSPS) is 11.1. The maximum atomic E-state index is 13.6. The first kappa shape index (κ1) is 14.7. The zero-order chi connectivity index (χ0) is 16.7. The Hall–Kier alpha value is -2.92. The Labute approximate surface area is 141 Å². The lowest BCUT2D eigenvalue weighted by Crippen LogP contribution is -2.13. The van der Waals surface area contributed by atoms with E-state index in [1.54, 1.807) is 30.6 Å². The van der Waals surface area contributed by atoms with E-state index in [2.05, 4.69) is 10.3 Å². The minimum Gasteiger partial charge on any atom is -0.456 e. The SMILES string of the molecule is O=C(Nc1ccc(Cl)c(F)c1)c1c(-c2ccncc2)c2ccc1o2. The molecule has 6 heteroatoms. The number of aromatic nitrogens is 1. The number of benzene rings is 2. The Bertz CT molecular complexity index is 1030. The van der Waals surface area contributed by atoms with E-state index in [4.69, 9.17) is 16.0 Å². The number of hydrogen-bond donors (Lipinski definition) is 1. The fourth-order valence-corrected chi connectivity index (χ4v) is 2.77. The average Bonchev–Trinajstić information content (AvgIpc) is 3.20. The largest absolute Gasteiger partial charge is 0.456 e. The molecule has 4 rings (SSSR count). The van der Waals surface area contributed by atoms with Crippen LogP contribution in [0.25, 0.3) is 22.3 Å². The quantitative estimate of drug-likeness (QED) is 0.572. The zero-order valence-corrected chi connectivity index (χ0v) is 13.0. The molecule has 1 N–H and O–H groups in total. The van der Waals surface area contributed by atoms with Crippen LogP contribution in [0.1, 0.15) is 10.4 Å². The van der Waals surface area contributed by atoms with E-state index in [0.717, 1.165) is 5.56 Å². The van der Waals surface area contributed by atoms with Crippen LogP contribution in [0.3, 0.4) is 0 Å². The number of carbonyl (C=O) groups is 1. The van der Waals surface area contributed by atoms with Crippen LogP contribution in [-0.4, -0.2) is 10.9 Å². The van der Waals surface area contributed by atoms with Gasteiger partial charge in [0.2, 0.25) is 0 Å². The van der Waals surface area contributed by atoms with Crippen molar-refractivity contribution in [3.8, 4) is 11.1 Å². The van der Waals surface area contributed by atoms with Crippen LogP contribution in [0.2, 0.25) is 5.02 Å². The molecule has 3 heterocycles. The molecule has 4 aromatic rings. The van der Waals surface area contributed by atoms with Gasteiger partial charge in [0.1, 0.15) is 17.0 Å². The lowest BCUT2D eigenvalue weighted by atomic mass is 10.00. The second kappa shape index (κ2) is 5.62. The molecule has 1 amide bonds. The highest BCUT2D eigenvalue weighted by Crippen LogP contribution is 2.37. The van der Waals surface area contributed by atoms with Crippen molar-refractivity contribution in [2.75, 3.05) is 5.32 Å². The minimum atomic E-state index is -0.594. The van der Waals surface area contributed by atoms with E-state index in [-0.39, 0.29) is 10.9 Å². The Kier molecular flexibility index (Phi) is 3.43. The molecule has 118 valence electrons. The molecular formula is C18H10ClFN2O2. The van der Waals surface area contributed by atoms with E-state index >= 15 is 0 Å². The highest BCUT2D eigenvalue weighted by atomic mass is 35.5. The number of anilines is 1. The summed E-state index contributed by atoms with van der Waals surface area (Å²) >= 11 is 5.66. The number of pyridine rings is 1. The first-order chi connectivity index (χ1) is 11.6. The van der Waals surface area contributed by atoms with Gasteiger partial charge in [-0.15, -0.1) is 0 Å². The molecule has 0 saturated heterocycles. The summed E-state index contributed by atoms with van der Waals surface area (Å²) in [7, 11) is 0. The molecule has 24 heavy (non-hydrogen) atoms. The summed E-state index contributed by atoms with van der Waals surface area (Å²) in [6, 6.07) is 11.3. The number of nitrogens with one attached hydrogen (secondary N) is 1. The fourth-order valence-electron chi connectivity index (χ4n) is 2.65. The summed E-state index contributed by atoms with van der Waals surface area (Å²) in [5, 5.41) is 2.68. The summed E-state index contributed by atoms with van der Waals surface area (Å²) in [5.41, 5.74) is 3.34. The molecule has 0 aliphatic rings. The van der Waals surface area contributed by atoms with Crippen LogP contribution < -0.4 is 5.32 Å². The number of nitrogens with zero attached hydrogens (tertiary/aromatic N) is 1. The smallest absolute Gasteiger partial charge is 0.260 e. The Morgan fingerprint density at radius 3 is 2.58 bits per heavy atom. The number of amides is 1. The third-order valence-electron chi connectivity index (χ3n) is 3.72. The molecule has 0 aliphatic heterocycles. The van der Waals surface area contributed by atoms with Crippen LogP contribution in [0, 0.1) is 5.82 Å². The predicted molar refractivity (Wildman–Crippen MR) is 90.0 cm³/mol. The summed E-state index contributed by atoms with van der Waals surface area (Å²) in [6.07, 6.45) is 3.29. The van der Waals surface area contributed by atoms with Gasteiger partial charge in [-0.1, -0.05) is 11.6 Å². The minimum absolute atomic E-state index is 0.000750. The maximum absolute atomic E-state index is 13.6. The van der Waals surface area contributed by atoms with Gasteiger partial charge in [-0.2, -0.15) is 0 Å². The van der Waals surface area contributed by atoms with Crippen LogP contribution in [0.5, 0.6) is 0 Å². The van der Waals surface area contributed by atoms with Gasteiger partial charge in [0, 0.05) is 23.6 Å². The molecular weight excluding hydrogens is 331 g/mol. The second-order valence-electron chi connectivity index (χ2n) is 5.23. The number of rotatable bonds is 3. The molecule has 0 atom stereocenters. The highest BCUT2D eigenvalue weighted by Gasteiger charge is 2.24. The molecule has 0 fully saturated rings. The molecule has 1 aromatic carbocycles. The highest BCUT2D eigenvalue weighted by molar-refractivity contribution is 6.30. The zero-order valence-electron chi connectivity index (χ0n) is 12.2.